The smallest absolute Gasteiger partial charge is 0.145 e. The quantitative estimate of drug-likeness (QED) is 0.694. The Labute approximate surface area is 103 Å². The van der Waals surface area contributed by atoms with E-state index in [1.165, 1.54) is 0 Å². The molecule has 0 amide bonds. The second-order valence-corrected chi connectivity index (χ2v) is 4.37. The summed E-state index contributed by atoms with van der Waals surface area (Å²) >= 11 is 6.40. The van der Waals surface area contributed by atoms with Crippen molar-refractivity contribution in [2.24, 2.45) is 7.05 Å². The summed E-state index contributed by atoms with van der Waals surface area (Å²) in [7, 11) is 1.99. The molecule has 0 radical (unpaired) electrons. The molecule has 0 aliphatic heterocycles. The maximum atomic E-state index is 6.40. The van der Waals surface area contributed by atoms with Crippen LogP contribution in [0.3, 0.4) is 0 Å². The van der Waals surface area contributed by atoms with E-state index in [-0.39, 0.29) is 0 Å². The molecule has 0 bridgehead atoms. The molecule has 3 N–H and O–H groups in total. The molecule has 0 aliphatic rings. The zero-order valence-electron chi connectivity index (χ0n) is 9.24. The maximum absolute atomic E-state index is 6.40. The molecule has 5 heteroatoms. The van der Waals surface area contributed by atoms with Gasteiger partial charge in [0.05, 0.1) is 10.7 Å². The van der Waals surface area contributed by atoms with Gasteiger partial charge in [-0.2, -0.15) is 5.10 Å². The fourth-order valence-electron chi connectivity index (χ4n) is 2.00. The van der Waals surface area contributed by atoms with Gasteiger partial charge < -0.3 is 10.3 Å². The molecule has 86 valence electrons. The summed E-state index contributed by atoms with van der Waals surface area (Å²) in [5, 5.41) is 8.52. The average molecular weight is 247 g/mol. The summed E-state index contributed by atoms with van der Waals surface area (Å²) in [6, 6.07) is 7.78. The molecule has 0 fully saturated rings. The third-order valence-electron chi connectivity index (χ3n) is 2.89. The minimum absolute atomic E-state index is 0.462. The Balaban J connectivity index is 2.28. The lowest BCUT2D eigenvalue weighted by atomic mass is 10.1. The molecule has 0 aliphatic carbocycles. The molecular weight excluding hydrogens is 236 g/mol. The van der Waals surface area contributed by atoms with E-state index in [2.05, 4.69) is 10.2 Å². The molecule has 2 aromatic heterocycles. The summed E-state index contributed by atoms with van der Waals surface area (Å²) in [5.74, 6) is 0.462. The van der Waals surface area contributed by atoms with Gasteiger partial charge in [0.1, 0.15) is 5.82 Å². The lowest BCUT2D eigenvalue weighted by molar-refractivity contribution is 0.969. The number of halogens is 1. The van der Waals surface area contributed by atoms with Crippen molar-refractivity contribution in [3.8, 4) is 11.3 Å². The van der Waals surface area contributed by atoms with E-state index >= 15 is 0 Å². The third-order valence-corrected chi connectivity index (χ3v) is 3.30. The van der Waals surface area contributed by atoms with E-state index in [9.17, 15) is 0 Å². The summed E-state index contributed by atoms with van der Waals surface area (Å²) in [6.45, 7) is 0. The van der Waals surface area contributed by atoms with Crippen molar-refractivity contribution in [1.82, 2.24) is 14.8 Å². The molecule has 3 rings (SSSR count). The Kier molecular flexibility index (Phi) is 2.12. The van der Waals surface area contributed by atoms with Crippen molar-refractivity contribution in [2.75, 3.05) is 5.73 Å². The zero-order valence-corrected chi connectivity index (χ0v) is 9.99. The molecule has 3 aromatic rings. The first-order chi connectivity index (χ1) is 8.16. The number of aryl methyl sites for hydroxylation is 1. The Bertz CT molecular complexity index is 696. The number of aromatic amines is 1. The number of rotatable bonds is 1. The van der Waals surface area contributed by atoms with Gasteiger partial charge in [0.2, 0.25) is 0 Å². The van der Waals surface area contributed by atoms with Crippen LogP contribution in [0.5, 0.6) is 0 Å². The summed E-state index contributed by atoms with van der Waals surface area (Å²) in [5.41, 5.74) is 8.44. The molecule has 0 unspecified atom stereocenters. The van der Waals surface area contributed by atoms with Gasteiger partial charge in [-0.15, -0.1) is 0 Å². The van der Waals surface area contributed by atoms with Gasteiger partial charge in [-0.3, -0.25) is 5.10 Å². The van der Waals surface area contributed by atoms with Crippen LogP contribution in [0.2, 0.25) is 5.02 Å². The third kappa shape index (κ3) is 1.49. The molecular formula is C12H11ClN4. The van der Waals surface area contributed by atoms with Crippen LogP contribution in [0.15, 0.2) is 30.5 Å². The average Bonchev–Trinajstić information content (AvgIpc) is 2.87. The van der Waals surface area contributed by atoms with Crippen molar-refractivity contribution in [1.29, 1.82) is 0 Å². The van der Waals surface area contributed by atoms with E-state index in [1.807, 2.05) is 36.0 Å². The summed E-state index contributed by atoms with van der Waals surface area (Å²) < 4.78 is 2.03. The van der Waals surface area contributed by atoms with E-state index < -0.39 is 0 Å². The molecule has 4 nitrogen and oxygen atoms in total. The van der Waals surface area contributed by atoms with Crippen LogP contribution < -0.4 is 5.73 Å². The second-order valence-electron chi connectivity index (χ2n) is 3.99. The lowest BCUT2D eigenvalue weighted by Crippen LogP contribution is -1.85. The number of anilines is 1. The van der Waals surface area contributed by atoms with Gasteiger partial charge >= 0.3 is 0 Å². The van der Waals surface area contributed by atoms with Crippen molar-refractivity contribution in [2.45, 2.75) is 0 Å². The van der Waals surface area contributed by atoms with E-state index in [1.54, 1.807) is 6.07 Å². The van der Waals surface area contributed by atoms with Crippen LogP contribution in [0.25, 0.3) is 22.2 Å². The SMILES string of the molecule is Cn1ccc2c(Cl)c(-c3cc(N)n[nH]3)ccc21. The predicted octanol–water partition coefficient (Wildman–Crippen LogP) is 2.80. The first-order valence-corrected chi connectivity index (χ1v) is 5.59. The summed E-state index contributed by atoms with van der Waals surface area (Å²) in [6.07, 6.45) is 1.99. The Morgan fingerprint density at radius 3 is 2.88 bits per heavy atom. The highest BCUT2D eigenvalue weighted by atomic mass is 35.5. The molecule has 1 aromatic carbocycles. The minimum atomic E-state index is 0.462. The van der Waals surface area contributed by atoms with Crippen molar-refractivity contribution >= 4 is 28.3 Å². The normalized spacial score (nSPS) is 11.2. The van der Waals surface area contributed by atoms with Gasteiger partial charge in [-0.25, -0.2) is 0 Å². The zero-order chi connectivity index (χ0) is 12.0. The largest absolute Gasteiger partial charge is 0.382 e. The van der Waals surface area contributed by atoms with Crippen LogP contribution in [0.4, 0.5) is 5.82 Å². The number of nitrogens with two attached hydrogens (primary N) is 1. The first kappa shape index (κ1) is 10.2. The second kappa shape index (κ2) is 3.53. The van der Waals surface area contributed by atoms with E-state index in [0.717, 1.165) is 22.2 Å². The highest BCUT2D eigenvalue weighted by Gasteiger charge is 2.11. The Morgan fingerprint density at radius 2 is 2.18 bits per heavy atom. The van der Waals surface area contributed by atoms with Crippen molar-refractivity contribution in [3.05, 3.63) is 35.5 Å². The van der Waals surface area contributed by atoms with Crippen LogP contribution in [0.1, 0.15) is 0 Å². The van der Waals surface area contributed by atoms with Crippen LogP contribution in [-0.2, 0) is 7.05 Å². The number of nitrogen functional groups attached to an aromatic ring is 1. The standard InChI is InChI=1S/C12H11ClN4/c1-17-5-4-8-10(17)3-2-7(12(8)13)9-6-11(14)16-15-9/h2-6H,1H3,(H3,14,15,16). The number of benzene rings is 1. The van der Waals surface area contributed by atoms with Crippen molar-refractivity contribution in [3.63, 3.8) is 0 Å². The van der Waals surface area contributed by atoms with E-state index in [0.29, 0.717) is 10.8 Å². The van der Waals surface area contributed by atoms with Gasteiger partial charge in [-0.05, 0) is 18.2 Å². The number of nitrogens with one attached hydrogen (secondary N) is 1. The molecule has 17 heavy (non-hydrogen) atoms. The number of aromatic nitrogens is 3. The Hall–Kier alpha value is -1.94. The molecule has 0 saturated carbocycles. The number of hydrogen-bond donors (Lipinski definition) is 2. The molecule has 2 heterocycles. The van der Waals surface area contributed by atoms with Gasteiger partial charge in [0.15, 0.2) is 0 Å². The van der Waals surface area contributed by atoms with Crippen LogP contribution >= 0.6 is 11.6 Å². The molecule has 0 saturated heterocycles. The molecule has 0 atom stereocenters. The highest BCUT2D eigenvalue weighted by Crippen LogP contribution is 2.34. The number of fused-ring (bicyclic) bond motifs is 1. The Morgan fingerprint density at radius 1 is 1.35 bits per heavy atom. The number of hydrogen-bond acceptors (Lipinski definition) is 2. The topological polar surface area (TPSA) is 59.6 Å². The van der Waals surface area contributed by atoms with Crippen LogP contribution in [-0.4, -0.2) is 14.8 Å². The van der Waals surface area contributed by atoms with E-state index in [4.69, 9.17) is 17.3 Å². The predicted molar refractivity (Wildman–Crippen MR) is 69.9 cm³/mol. The monoisotopic (exact) mass is 246 g/mol. The van der Waals surface area contributed by atoms with Crippen LogP contribution in [0, 0.1) is 0 Å². The minimum Gasteiger partial charge on any atom is -0.382 e. The maximum Gasteiger partial charge on any atom is 0.145 e. The fraction of sp³-hybridized carbons (Fsp3) is 0.0833. The lowest BCUT2D eigenvalue weighted by Gasteiger charge is -2.04. The molecule has 0 spiro atoms. The fourth-order valence-corrected chi connectivity index (χ4v) is 2.32. The number of nitrogens with zero attached hydrogens (tertiary/aromatic N) is 2. The van der Waals surface area contributed by atoms with Gasteiger partial charge in [0, 0.05) is 35.8 Å². The number of H-pyrrole nitrogens is 1. The van der Waals surface area contributed by atoms with Crippen molar-refractivity contribution < 1.29 is 0 Å². The van der Waals surface area contributed by atoms with Gasteiger partial charge in [-0.1, -0.05) is 11.6 Å². The first-order valence-electron chi connectivity index (χ1n) is 5.21. The summed E-state index contributed by atoms with van der Waals surface area (Å²) in [4.78, 5) is 0. The highest BCUT2D eigenvalue weighted by molar-refractivity contribution is 6.38. The van der Waals surface area contributed by atoms with Gasteiger partial charge in [0.25, 0.3) is 0 Å².